The number of rotatable bonds is 5. The fourth-order valence-electron chi connectivity index (χ4n) is 3.85. The summed E-state index contributed by atoms with van der Waals surface area (Å²) in [4.78, 5) is 18.4. The number of halogens is 7. The van der Waals surface area contributed by atoms with E-state index in [0.29, 0.717) is 11.8 Å². The van der Waals surface area contributed by atoms with Gasteiger partial charge in [-0.25, -0.2) is 14.2 Å². The molecule has 1 aliphatic heterocycles. The molecule has 2 heterocycles. The lowest BCUT2D eigenvalue weighted by Gasteiger charge is -2.26. The maximum atomic E-state index is 13.5. The Morgan fingerprint density at radius 3 is 2.08 bits per heavy atom. The first-order valence-electron chi connectivity index (χ1n) is 11.0. The minimum Gasteiger partial charge on any atom is -0.364 e. The second-order valence-corrected chi connectivity index (χ2v) is 8.27. The van der Waals surface area contributed by atoms with Gasteiger partial charge in [0.2, 0.25) is 0 Å². The van der Waals surface area contributed by atoms with Crippen molar-refractivity contribution in [3.63, 3.8) is 0 Å². The fourth-order valence-corrected chi connectivity index (χ4v) is 3.85. The average Bonchev–Trinajstić information content (AvgIpc) is 3.32. The van der Waals surface area contributed by atoms with Crippen LogP contribution < -0.4 is 4.90 Å². The number of carbonyl (C=O) groups excluding carboxylic acids is 1. The Morgan fingerprint density at radius 2 is 1.55 bits per heavy atom. The number of anilines is 1. The van der Waals surface area contributed by atoms with Gasteiger partial charge in [-0.15, -0.1) is 0 Å². The number of aromatic nitrogens is 1. The smallest absolute Gasteiger partial charge is 0.364 e. The number of urea groups is 1. The number of methoxy groups -OCH3 is 1. The first-order chi connectivity index (χ1) is 17.9. The van der Waals surface area contributed by atoms with Crippen LogP contribution >= 0.6 is 0 Å². The van der Waals surface area contributed by atoms with Crippen LogP contribution in [0.15, 0.2) is 72.0 Å². The van der Waals surface area contributed by atoms with E-state index in [1.165, 1.54) is 37.4 Å². The molecule has 0 bridgehead atoms. The van der Waals surface area contributed by atoms with E-state index in [-0.39, 0.29) is 30.4 Å². The van der Waals surface area contributed by atoms with E-state index in [2.05, 4.69) is 10.1 Å². The van der Waals surface area contributed by atoms with Crippen molar-refractivity contribution < 1.29 is 40.3 Å². The van der Waals surface area contributed by atoms with E-state index in [9.17, 15) is 35.5 Å². The lowest BCUT2D eigenvalue weighted by Crippen LogP contribution is -2.41. The van der Waals surface area contributed by atoms with Crippen LogP contribution in [0.25, 0.3) is 0 Å². The molecule has 38 heavy (non-hydrogen) atoms. The van der Waals surface area contributed by atoms with Crippen molar-refractivity contribution in [2.24, 2.45) is 5.10 Å². The molecule has 0 aliphatic carbocycles. The van der Waals surface area contributed by atoms with Crippen molar-refractivity contribution in [1.82, 2.24) is 9.99 Å². The second kappa shape index (κ2) is 10.4. The average molecular weight is 540 g/mol. The fraction of sp³-hybridized carbons (Fsp3) is 0.240. The van der Waals surface area contributed by atoms with Crippen LogP contribution in [0.4, 0.5) is 41.2 Å². The molecule has 6 nitrogen and oxygen atoms in total. The first-order valence-corrected chi connectivity index (χ1v) is 11.0. The number of amides is 2. The van der Waals surface area contributed by atoms with E-state index in [0.717, 1.165) is 40.2 Å². The monoisotopic (exact) mass is 540 g/mol. The van der Waals surface area contributed by atoms with Crippen molar-refractivity contribution in [3.8, 4) is 0 Å². The van der Waals surface area contributed by atoms with Crippen molar-refractivity contribution in [2.45, 2.75) is 18.3 Å². The van der Waals surface area contributed by atoms with Crippen LogP contribution in [-0.2, 0) is 17.1 Å². The Balaban J connectivity index is 1.68. The summed E-state index contributed by atoms with van der Waals surface area (Å²) in [6.45, 7) is -0.476. The molecule has 1 atom stereocenters. The summed E-state index contributed by atoms with van der Waals surface area (Å²) < 4.78 is 96.6. The summed E-state index contributed by atoms with van der Waals surface area (Å²) in [5.74, 6) is -1.30. The van der Waals surface area contributed by atoms with E-state index in [1.807, 2.05) is 0 Å². The Labute approximate surface area is 211 Å². The number of hydrogen-bond donors (Lipinski definition) is 0. The van der Waals surface area contributed by atoms with E-state index in [1.54, 1.807) is 0 Å². The largest absolute Gasteiger partial charge is 0.417 e. The van der Waals surface area contributed by atoms with Crippen LogP contribution in [0.2, 0.25) is 0 Å². The van der Waals surface area contributed by atoms with Gasteiger partial charge in [0.15, 0.2) is 0 Å². The summed E-state index contributed by atoms with van der Waals surface area (Å²) >= 11 is 0. The topological polar surface area (TPSA) is 58.0 Å². The lowest BCUT2D eigenvalue weighted by atomic mass is 9.94. The van der Waals surface area contributed by atoms with Gasteiger partial charge in [-0.1, -0.05) is 12.1 Å². The Kier molecular flexibility index (Phi) is 7.40. The standard InChI is InChI=1S/C25H19F7N4O2/c1-38-14-35(19-9-4-16(5-10-19)24(27,28)29)23(37)36-13-20(21-11-6-17(12-33-21)25(30,31)32)22(34-36)15-2-7-18(26)8-3-15/h2-12,20H,13-14H2,1H3. The highest BCUT2D eigenvalue weighted by Crippen LogP contribution is 2.34. The van der Waals surface area contributed by atoms with Crippen LogP contribution in [-0.4, -0.2) is 42.1 Å². The van der Waals surface area contributed by atoms with E-state index >= 15 is 0 Å². The molecule has 200 valence electrons. The highest BCUT2D eigenvalue weighted by molar-refractivity contribution is 6.07. The molecule has 3 aromatic rings. The zero-order valence-electron chi connectivity index (χ0n) is 19.6. The van der Waals surface area contributed by atoms with Gasteiger partial charge in [-0.2, -0.15) is 31.4 Å². The molecule has 1 unspecified atom stereocenters. The Hall–Kier alpha value is -4.00. The van der Waals surface area contributed by atoms with Crippen molar-refractivity contribution in [3.05, 3.63) is 95.1 Å². The molecule has 0 spiro atoms. The number of hydrogen-bond acceptors (Lipinski definition) is 4. The molecule has 4 rings (SSSR count). The molecule has 0 N–H and O–H groups in total. The lowest BCUT2D eigenvalue weighted by molar-refractivity contribution is -0.138. The number of benzene rings is 2. The van der Waals surface area contributed by atoms with Crippen molar-refractivity contribution in [2.75, 3.05) is 25.3 Å². The highest BCUT2D eigenvalue weighted by atomic mass is 19.4. The van der Waals surface area contributed by atoms with Crippen LogP contribution in [0.5, 0.6) is 0 Å². The molecule has 2 aromatic carbocycles. The number of nitrogens with zero attached hydrogens (tertiary/aromatic N) is 4. The number of alkyl halides is 6. The predicted molar refractivity (Wildman–Crippen MR) is 123 cm³/mol. The van der Waals surface area contributed by atoms with Crippen molar-refractivity contribution in [1.29, 1.82) is 0 Å². The number of pyridine rings is 1. The summed E-state index contributed by atoms with van der Waals surface area (Å²) in [6.07, 6.45) is -8.50. The third-order valence-corrected chi connectivity index (χ3v) is 5.74. The van der Waals surface area contributed by atoms with Crippen LogP contribution in [0.3, 0.4) is 0 Å². The summed E-state index contributed by atoms with van der Waals surface area (Å²) in [6, 6.07) is 10.2. The summed E-state index contributed by atoms with van der Waals surface area (Å²) in [5.41, 5.74) is -0.932. The maximum absolute atomic E-state index is 13.5. The normalized spacial score (nSPS) is 15.9. The molecule has 1 aliphatic rings. The molecule has 0 saturated carbocycles. The van der Waals surface area contributed by atoms with Gasteiger partial charge >= 0.3 is 18.4 Å². The highest BCUT2D eigenvalue weighted by Gasteiger charge is 2.37. The van der Waals surface area contributed by atoms with Gasteiger partial charge < -0.3 is 4.74 Å². The molecule has 2 amide bonds. The molecule has 13 heteroatoms. The molecule has 0 saturated heterocycles. The summed E-state index contributed by atoms with van der Waals surface area (Å²) in [5, 5.41) is 5.35. The maximum Gasteiger partial charge on any atom is 0.417 e. The Bertz CT molecular complexity index is 1310. The van der Waals surface area contributed by atoms with Crippen molar-refractivity contribution >= 4 is 17.4 Å². The molecular formula is C25H19F7N4O2. The van der Waals surface area contributed by atoms with Gasteiger partial charge in [0.25, 0.3) is 0 Å². The van der Waals surface area contributed by atoms with Gasteiger partial charge in [0, 0.05) is 19.0 Å². The third kappa shape index (κ3) is 5.77. The van der Waals surface area contributed by atoms with Gasteiger partial charge in [0.1, 0.15) is 12.5 Å². The van der Waals surface area contributed by atoms with E-state index in [4.69, 9.17) is 4.74 Å². The molecular weight excluding hydrogens is 521 g/mol. The van der Waals surface area contributed by atoms with E-state index < -0.39 is 41.2 Å². The zero-order valence-corrected chi connectivity index (χ0v) is 19.6. The second-order valence-electron chi connectivity index (χ2n) is 8.27. The van der Waals surface area contributed by atoms with Gasteiger partial charge in [-0.3, -0.25) is 9.88 Å². The zero-order chi connectivity index (χ0) is 27.7. The SMILES string of the molecule is COCN(C(=O)N1CC(c2ccc(C(F)(F)F)cn2)C(c2ccc(F)cc2)=N1)c1ccc(C(F)(F)F)cc1. The molecule has 0 fully saturated rings. The number of carbonyl (C=O) groups is 1. The van der Waals surface area contributed by atoms with Crippen LogP contribution in [0.1, 0.15) is 28.3 Å². The molecule has 1 aromatic heterocycles. The predicted octanol–water partition coefficient (Wildman–Crippen LogP) is 6.29. The van der Waals surface area contributed by atoms with Crippen LogP contribution in [0, 0.1) is 5.82 Å². The van der Waals surface area contributed by atoms with Gasteiger partial charge in [-0.05, 0) is 54.1 Å². The quantitative estimate of drug-likeness (QED) is 0.282. The Morgan fingerprint density at radius 1 is 0.947 bits per heavy atom. The number of ether oxygens (including phenoxy) is 1. The minimum absolute atomic E-state index is 0.0967. The first kappa shape index (κ1) is 27.0. The van der Waals surface area contributed by atoms with Gasteiger partial charge in [0.05, 0.1) is 35.0 Å². The third-order valence-electron chi connectivity index (χ3n) is 5.74. The summed E-state index contributed by atoms with van der Waals surface area (Å²) in [7, 11) is 1.29. The number of hydrazone groups is 1. The minimum atomic E-state index is -4.60. The molecule has 0 radical (unpaired) electrons.